The molecule has 0 radical (unpaired) electrons. The van der Waals surface area contributed by atoms with Crippen molar-refractivity contribution in [2.45, 2.75) is 83.4 Å². The number of nitrogens with one attached hydrogen (secondary N) is 1. The lowest BCUT2D eigenvalue weighted by Crippen LogP contribution is -2.57. The Kier molecular flexibility index (Phi) is 5.95. The highest BCUT2D eigenvalue weighted by Crippen LogP contribution is 2.51. The summed E-state index contributed by atoms with van der Waals surface area (Å²) in [4.78, 5) is 37.5. The van der Waals surface area contributed by atoms with Crippen molar-refractivity contribution in [2.24, 2.45) is 0 Å². The van der Waals surface area contributed by atoms with Crippen LogP contribution in [0, 0.1) is 6.92 Å². The summed E-state index contributed by atoms with van der Waals surface area (Å²) in [6.07, 6.45) is -0.182. The minimum atomic E-state index is -3.28. The molecule has 1 saturated heterocycles. The van der Waals surface area contributed by atoms with Crippen molar-refractivity contribution in [1.29, 1.82) is 0 Å². The van der Waals surface area contributed by atoms with E-state index in [0.717, 1.165) is 0 Å². The van der Waals surface area contributed by atoms with Crippen molar-refractivity contribution in [3.05, 3.63) is 32.6 Å². The van der Waals surface area contributed by atoms with Gasteiger partial charge in [-0.2, -0.15) is 0 Å². The first-order valence-electron chi connectivity index (χ1n) is 9.20. The van der Waals surface area contributed by atoms with Gasteiger partial charge < -0.3 is 19.1 Å². The number of aromatic nitrogens is 2. The van der Waals surface area contributed by atoms with Crippen LogP contribution < -0.4 is 11.2 Å². The fraction of sp³-hybridized carbons (Fsp3) is 0.778. The summed E-state index contributed by atoms with van der Waals surface area (Å²) >= 11 is 0. The minimum Gasteiger partial charge on any atom is -0.410 e. The second kappa shape index (κ2) is 7.29. The molecule has 0 amide bonds. The molecule has 2 rings (SSSR count). The number of aryl methyl sites for hydroxylation is 1. The Morgan fingerprint density at radius 2 is 1.81 bits per heavy atom. The van der Waals surface area contributed by atoms with E-state index in [-0.39, 0.29) is 13.0 Å². The SMILES string of the molecule is Cc1cn([C@H]2C[C@H](O[Si](O)(C(C)(C)C)C(C)(C)C)[C@@H](CO)O2)c(=O)[nH]c1=O. The molecular formula is C18H32N2O6Si. The molecule has 27 heavy (non-hydrogen) atoms. The summed E-state index contributed by atoms with van der Waals surface area (Å²) in [6.45, 7) is 13.0. The maximum atomic E-state index is 12.2. The zero-order valence-corrected chi connectivity index (χ0v) is 18.2. The lowest BCUT2D eigenvalue weighted by atomic mass is 10.2. The summed E-state index contributed by atoms with van der Waals surface area (Å²) in [5.41, 5.74) is -0.631. The highest BCUT2D eigenvalue weighted by Gasteiger charge is 2.58. The van der Waals surface area contributed by atoms with Gasteiger partial charge in [0.15, 0.2) is 0 Å². The molecule has 154 valence electrons. The Hall–Kier alpha value is -1.26. The molecule has 9 heteroatoms. The number of aromatic amines is 1. The average Bonchev–Trinajstić information content (AvgIpc) is 2.91. The van der Waals surface area contributed by atoms with Crippen molar-refractivity contribution in [3.8, 4) is 0 Å². The van der Waals surface area contributed by atoms with E-state index < -0.39 is 48.3 Å². The van der Waals surface area contributed by atoms with Gasteiger partial charge in [0.2, 0.25) is 0 Å². The van der Waals surface area contributed by atoms with Gasteiger partial charge in [0.1, 0.15) is 12.3 Å². The summed E-state index contributed by atoms with van der Waals surface area (Å²) in [5, 5.41) is 8.83. The molecule has 1 aliphatic rings. The van der Waals surface area contributed by atoms with E-state index in [1.807, 2.05) is 41.5 Å². The summed E-state index contributed by atoms with van der Waals surface area (Å²) < 4.78 is 13.4. The van der Waals surface area contributed by atoms with Crippen molar-refractivity contribution in [2.75, 3.05) is 6.61 Å². The van der Waals surface area contributed by atoms with Crippen molar-refractivity contribution < 1.29 is 19.1 Å². The van der Waals surface area contributed by atoms with Crippen LogP contribution in [-0.2, 0) is 9.16 Å². The quantitative estimate of drug-likeness (QED) is 0.661. The summed E-state index contributed by atoms with van der Waals surface area (Å²) in [6, 6.07) is 0. The third-order valence-electron chi connectivity index (χ3n) is 5.17. The van der Waals surface area contributed by atoms with Gasteiger partial charge in [-0.15, -0.1) is 0 Å². The Bertz CT molecular complexity index is 775. The maximum Gasteiger partial charge on any atom is 0.346 e. The van der Waals surface area contributed by atoms with Gasteiger partial charge in [0.05, 0.1) is 12.7 Å². The van der Waals surface area contributed by atoms with Gasteiger partial charge in [-0.1, -0.05) is 41.5 Å². The Balaban J connectivity index is 2.35. The van der Waals surface area contributed by atoms with E-state index in [9.17, 15) is 19.5 Å². The van der Waals surface area contributed by atoms with E-state index in [1.54, 1.807) is 6.92 Å². The first kappa shape index (κ1) is 22.0. The van der Waals surface area contributed by atoms with Gasteiger partial charge in [0.25, 0.3) is 5.56 Å². The monoisotopic (exact) mass is 400 g/mol. The number of aliphatic hydroxyl groups excluding tert-OH is 1. The second-order valence-corrected chi connectivity index (χ2v) is 13.9. The third-order valence-corrected chi connectivity index (χ3v) is 9.88. The highest BCUT2D eigenvalue weighted by molar-refractivity contribution is 6.72. The molecule has 0 unspecified atom stereocenters. The molecule has 0 bridgehead atoms. The molecule has 1 fully saturated rings. The standard InChI is InChI=1S/C18H32N2O6Si/c1-11-9-20(16(23)19-15(11)22)14-8-12(13(10-21)25-14)26-27(24,17(2,3)4)18(5,6)7/h9,12-14,21,24H,8,10H2,1-7H3,(H,19,22,23)/t12-,13+,14+/m0/s1. The largest absolute Gasteiger partial charge is 0.410 e. The minimum absolute atomic E-state index is 0.290. The lowest BCUT2D eigenvalue weighted by Gasteiger charge is -2.47. The molecule has 8 nitrogen and oxygen atoms in total. The smallest absolute Gasteiger partial charge is 0.346 e. The van der Waals surface area contributed by atoms with Crippen LogP contribution in [0.4, 0.5) is 0 Å². The molecule has 2 heterocycles. The molecular weight excluding hydrogens is 368 g/mol. The number of hydrogen-bond acceptors (Lipinski definition) is 6. The van der Waals surface area contributed by atoms with Crippen LogP contribution in [0.25, 0.3) is 0 Å². The van der Waals surface area contributed by atoms with Crippen LogP contribution in [0.2, 0.25) is 10.1 Å². The van der Waals surface area contributed by atoms with Gasteiger partial charge >= 0.3 is 14.3 Å². The first-order chi connectivity index (χ1) is 12.2. The molecule has 1 aromatic rings. The van der Waals surface area contributed by atoms with Crippen molar-refractivity contribution in [1.82, 2.24) is 9.55 Å². The first-order valence-corrected chi connectivity index (χ1v) is 11.1. The Labute approximate surface area is 160 Å². The predicted molar refractivity (Wildman–Crippen MR) is 104 cm³/mol. The van der Waals surface area contributed by atoms with E-state index in [4.69, 9.17) is 9.16 Å². The van der Waals surface area contributed by atoms with Crippen LogP contribution in [-0.4, -0.2) is 46.8 Å². The number of aliphatic hydroxyl groups is 1. The molecule has 1 aliphatic heterocycles. The molecule has 0 aliphatic carbocycles. The number of H-pyrrole nitrogens is 1. The fourth-order valence-electron chi connectivity index (χ4n) is 3.66. The van der Waals surface area contributed by atoms with Crippen LogP contribution >= 0.6 is 0 Å². The van der Waals surface area contributed by atoms with E-state index in [1.165, 1.54) is 10.8 Å². The molecule has 0 aromatic carbocycles. The second-order valence-electron chi connectivity index (χ2n) is 9.33. The number of ether oxygens (including phenoxy) is 1. The zero-order valence-electron chi connectivity index (χ0n) is 17.2. The van der Waals surface area contributed by atoms with E-state index in [2.05, 4.69) is 4.98 Å². The summed E-state index contributed by atoms with van der Waals surface area (Å²) in [5.74, 6) is 0. The Morgan fingerprint density at radius 1 is 1.26 bits per heavy atom. The maximum absolute atomic E-state index is 12.2. The highest BCUT2D eigenvalue weighted by atomic mass is 28.4. The Morgan fingerprint density at radius 3 is 2.30 bits per heavy atom. The molecule has 1 aromatic heterocycles. The number of nitrogens with zero attached hydrogens (tertiary/aromatic N) is 1. The fourth-order valence-corrected chi connectivity index (χ4v) is 7.30. The number of rotatable bonds is 4. The van der Waals surface area contributed by atoms with E-state index in [0.29, 0.717) is 5.56 Å². The van der Waals surface area contributed by atoms with Crippen LogP contribution in [0.5, 0.6) is 0 Å². The lowest BCUT2D eigenvalue weighted by molar-refractivity contribution is -0.0482. The topological polar surface area (TPSA) is 114 Å². The molecule has 3 atom stereocenters. The normalized spacial score (nSPS) is 24.4. The van der Waals surface area contributed by atoms with Gasteiger partial charge in [-0.3, -0.25) is 14.3 Å². The van der Waals surface area contributed by atoms with Crippen molar-refractivity contribution >= 4 is 8.56 Å². The van der Waals surface area contributed by atoms with Crippen LogP contribution in [0.15, 0.2) is 15.8 Å². The predicted octanol–water partition coefficient (Wildman–Crippen LogP) is 1.54. The molecule has 0 saturated carbocycles. The van der Waals surface area contributed by atoms with Gasteiger partial charge in [-0.05, 0) is 6.92 Å². The average molecular weight is 401 g/mol. The summed E-state index contributed by atoms with van der Waals surface area (Å²) in [7, 11) is -3.28. The number of hydrogen-bond donors (Lipinski definition) is 3. The van der Waals surface area contributed by atoms with Crippen LogP contribution in [0.1, 0.15) is 59.8 Å². The van der Waals surface area contributed by atoms with Crippen LogP contribution in [0.3, 0.4) is 0 Å². The van der Waals surface area contributed by atoms with E-state index >= 15 is 0 Å². The molecule has 3 N–H and O–H groups in total. The molecule has 0 spiro atoms. The zero-order chi connectivity index (χ0) is 20.8. The van der Waals surface area contributed by atoms with Gasteiger partial charge in [-0.25, -0.2) is 4.79 Å². The van der Waals surface area contributed by atoms with Crippen molar-refractivity contribution in [3.63, 3.8) is 0 Å². The van der Waals surface area contributed by atoms with Gasteiger partial charge in [0, 0.05) is 28.3 Å². The third kappa shape index (κ3) is 4.12.